The highest BCUT2D eigenvalue weighted by atomic mass is 15.2. The Balaban J connectivity index is 2.30. The molecule has 18 heavy (non-hydrogen) atoms. The minimum atomic E-state index is 0.0974. The third-order valence-corrected chi connectivity index (χ3v) is 3.76. The molecular formula is C14H22N4. The highest BCUT2D eigenvalue weighted by molar-refractivity contribution is 5.99. The number of nitrogen functional groups attached to an aromatic ring is 1. The van der Waals surface area contributed by atoms with Crippen molar-refractivity contribution in [3.63, 3.8) is 0 Å². The summed E-state index contributed by atoms with van der Waals surface area (Å²) in [6, 6.07) is 4.35. The smallest absolute Gasteiger partial charge is 0.139 e. The largest absolute Gasteiger partial charge is 0.384 e. The molecule has 3 N–H and O–H groups in total. The summed E-state index contributed by atoms with van der Waals surface area (Å²) in [5.74, 6) is 0.953. The second kappa shape index (κ2) is 5.38. The average Bonchev–Trinajstić information content (AvgIpc) is 2.38. The maximum Gasteiger partial charge on any atom is 0.139 e. The molecule has 1 saturated carbocycles. The van der Waals surface area contributed by atoms with Gasteiger partial charge in [-0.05, 0) is 31.9 Å². The first-order chi connectivity index (χ1) is 8.59. The van der Waals surface area contributed by atoms with Crippen molar-refractivity contribution in [2.45, 2.75) is 45.1 Å². The molecule has 0 spiro atoms. The Morgan fingerprint density at radius 1 is 1.33 bits per heavy atom. The number of aryl methyl sites for hydroxylation is 1. The van der Waals surface area contributed by atoms with E-state index in [2.05, 4.69) is 16.9 Å². The Hall–Kier alpha value is -1.58. The van der Waals surface area contributed by atoms with E-state index in [1.54, 1.807) is 0 Å². The van der Waals surface area contributed by atoms with Gasteiger partial charge < -0.3 is 10.6 Å². The maximum absolute atomic E-state index is 7.67. The molecule has 1 fully saturated rings. The van der Waals surface area contributed by atoms with Gasteiger partial charge in [0, 0.05) is 18.8 Å². The van der Waals surface area contributed by atoms with Crippen LogP contribution in [-0.4, -0.2) is 23.9 Å². The molecule has 0 bridgehead atoms. The van der Waals surface area contributed by atoms with Crippen LogP contribution in [-0.2, 0) is 0 Å². The second-order valence-corrected chi connectivity index (χ2v) is 5.14. The third kappa shape index (κ3) is 2.63. The molecule has 1 aromatic heterocycles. The first kappa shape index (κ1) is 12.9. The predicted molar refractivity (Wildman–Crippen MR) is 75.3 cm³/mol. The maximum atomic E-state index is 7.67. The Bertz CT molecular complexity index is 435. The lowest BCUT2D eigenvalue weighted by Crippen LogP contribution is -2.35. The van der Waals surface area contributed by atoms with Crippen molar-refractivity contribution in [3.05, 3.63) is 23.4 Å². The lowest BCUT2D eigenvalue weighted by Gasteiger charge is -2.33. The molecule has 2 rings (SSSR count). The van der Waals surface area contributed by atoms with E-state index in [1.165, 1.54) is 32.1 Å². The van der Waals surface area contributed by atoms with Crippen molar-refractivity contribution in [1.29, 1.82) is 5.41 Å². The minimum absolute atomic E-state index is 0.0974. The highest BCUT2D eigenvalue weighted by Crippen LogP contribution is 2.27. The van der Waals surface area contributed by atoms with E-state index < -0.39 is 0 Å². The highest BCUT2D eigenvalue weighted by Gasteiger charge is 2.21. The molecule has 1 aliphatic rings. The number of pyridine rings is 1. The lowest BCUT2D eigenvalue weighted by atomic mass is 9.94. The zero-order valence-electron chi connectivity index (χ0n) is 11.2. The number of hydrogen-bond acceptors (Lipinski definition) is 3. The van der Waals surface area contributed by atoms with Gasteiger partial charge in [0.25, 0.3) is 0 Å². The van der Waals surface area contributed by atoms with Gasteiger partial charge in [-0.2, -0.15) is 0 Å². The number of nitrogens with two attached hydrogens (primary N) is 1. The van der Waals surface area contributed by atoms with Crippen molar-refractivity contribution in [1.82, 2.24) is 4.98 Å². The molecule has 4 heteroatoms. The van der Waals surface area contributed by atoms with Crippen molar-refractivity contribution in [2.24, 2.45) is 5.73 Å². The van der Waals surface area contributed by atoms with E-state index in [0.29, 0.717) is 6.04 Å². The Labute approximate surface area is 109 Å². The predicted octanol–water partition coefficient (Wildman–Crippen LogP) is 2.44. The zero-order valence-corrected chi connectivity index (χ0v) is 11.2. The number of nitrogens with one attached hydrogen (secondary N) is 1. The molecule has 0 aliphatic heterocycles. The average molecular weight is 246 g/mol. The molecular weight excluding hydrogens is 224 g/mol. The van der Waals surface area contributed by atoms with Gasteiger partial charge in [0.15, 0.2) is 0 Å². The fourth-order valence-corrected chi connectivity index (χ4v) is 2.66. The first-order valence-electron chi connectivity index (χ1n) is 6.64. The summed E-state index contributed by atoms with van der Waals surface area (Å²) >= 11 is 0. The standard InChI is InChI=1S/C14H22N4/c1-10-8-9-12(13(15)16)14(17-10)18(2)11-6-4-3-5-7-11/h8-9,11H,3-7H2,1-2H3,(H3,15,16). The Morgan fingerprint density at radius 2 is 2.00 bits per heavy atom. The third-order valence-electron chi connectivity index (χ3n) is 3.76. The molecule has 0 radical (unpaired) electrons. The van der Waals surface area contributed by atoms with Crippen LogP contribution in [0.4, 0.5) is 5.82 Å². The molecule has 0 unspecified atom stereocenters. The summed E-state index contributed by atoms with van der Waals surface area (Å²) in [7, 11) is 2.07. The lowest BCUT2D eigenvalue weighted by molar-refractivity contribution is 0.426. The van der Waals surface area contributed by atoms with Gasteiger partial charge in [0.05, 0.1) is 5.56 Å². The minimum Gasteiger partial charge on any atom is -0.384 e. The summed E-state index contributed by atoms with van der Waals surface area (Å²) < 4.78 is 0. The van der Waals surface area contributed by atoms with Crippen LogP contribution in [0.3, 0.4) is 0 Å². The quantitative estimate of drug-likeness (QED) is 0.636. The summed E-state index contributed by atoms with van der Waals surface area (Å²) in [5, 5.41) is 7.67. The van der Waals surface area contributed by atoms with Gasteiger partial charge in [-0.1, -0.05) is 19.3 Å². The second-order valence-electron chi connectivity index (χ2n) is 5.14. The number of anilines is 1. The SMILES string of the molecule is Cc1ccc(C(=N)N)c(N(C)C2CCCCC2)n1. The van der Waals surface area contributed by atoms with Gasteiger partial charge >= 0.3 is 0 Å². The molecule has 1 aromatic rings. The number of aromatic nitrogens is 1. The van der Waals surface area contributed by atoms with Crippen LogP contribution in [0.15, 0.2) is 12.1 Å². The molecule has 98 valence electrons. The van der Waals surface area contributed by atoms with Crippen molar-refractivity contribution in [2.75, 3.05) is 11.9 Å². The van der Waals surface area contributed by atoms with E-state index in [9.17, 15) is 0 Å². The number of amidine groups is 1. The molecule has 1 aliphatic carbocycles. The summed E-state index contributed by atoms with van der Waals surface area (Å²) in [4.78, 5) is 6.79. The summed E-state index contributed by atoms with van der Waals surface area (Å²) in [5.41, 5.74) is 7.36. The van der Waals surface area contributed by atoms with E-state index >= 15 is 0 Å². The van der Waals surface area contributed by atoms with Crippen molar-refractivity contribution < 1.29 is 0 Å². The van der Waals surface area contributed by atoms with Crippen LogP contribution in [0.5, 0.6) is 0 Å². The monoisotopic (exact) mass is 246 g/mol. The fraction of sp³-hybridized carbons (Fsp3) is 0.571. The van der Waals surface area contributed by atoms with Crippen LogP contribution in [0, 0.1) is 12.3 Å². The van der Waals surface area contributed by atoms with Crippen LogP contribution < -0.4 is 10.6 Å². The molecule has 1 heterocycles. The first-order valence-corrected chi connectivity index (χ1v) is 6.64. The molecule has 0 amide bonds. The molecule has 0 saturated heterocycles. The number of rotatable bonds is 3. The van der Waals surface area contributed by atoms with Gasteiger partial charge in [0.2, 0.25) is 0 Å². The molecule has 0 atom stereocenters. The topological polar surface area (TPSA) is 66.0 Å². The summed E-state index contributed by atoms with van der Waals surface area (Å²) in [6.45, 7) is 1.97. The molecule has 0 aromatic carbocycles. The zero-order chi connectivity index (χ0) is 13.1. The molecule has 4 nitrogen and oxygen atoms in total. The van der Waals surface area contributed by atoms with Crippen molar-refractivity contribution in [3.8, 4) is 0 Å². The fourth-order valence-electron chi connectivity index (χ4n) is 2.66. The van der Waals surface area contributed by atoms with Crippen LogP contribution >= 0.6 is 0 Å². The van der Waals surface area contributed by atoms with E-state index in [0.717, 1.165) is 17.1 Å². The summed E-state index contributed by atoms with van der Waals surface area (Å²) in [6.07, 6.45) is 6.34. The van der Waals surface area contributed by atoms with Gasteiger partial charge in [-0.25, -0.2) is 4.98 Å². The van der Waals surface area contributed by atoms with E-state index in [-0.39, 0.29) is 5.84 Å². The van der Waals surface area contributed by atoms with E-state index in [1.807, 2.05) is 19.1 Å². The Kier molecular flexibility index (Phi) is 3.84. The van der Waals surface area contributed by atoms with Gasteiger partial charge in [-0.15, -0.1) is 0 Å². The van der Waals surface area contributed by atoms with Crippen molar-refractivity contribution >= 4 is 11.7 Å². The normalized spacial score (nSPS) is 16.6. The van der Waals surface area contributed by atoms with Gasteiger partial charge in [0.1, 0.15) is 11.7 Å². The Morgan fingerprint density at radius 3 is 2.61 bits per heavy atom. The number of nitrogens with zero attached hydrogens (tertiary/aromatic N) is 2. The number of hydrogen-bond donors (Lipinski definition) is 2. The van der Waals surface area contributed by atoms with Crippen LogP contribution in [0.25, 0.3) is 0 Å². The van der Waals surface area contributed by atoms with Gasteiger partial charge in [-0.3, -0.25) is 5.41 Å². The van der Waals surface area contributed by atoms with Crippen LogP contribution in [0.2, 0.25) is 0 Å². The van der Waals surface area contributed by atoms with Crippen LogP contribution in [0.1, 0.15) is 43.4 Å². The van der Waals surface area contributed by atoms with E-state index in [4.69, 9.17) is 11.1 Å².